The molecule has 2 atom stereocenters. The first-order valence-corrected chi connectivity index (χ1v) is 8.35. The predicted molar refractivity (Wildman–Crippen MR) is 94.7 cm³/mol. The molecule has 3 rings (SSSR count). The van der Waals surface area contributed by atoms with Crippen LogP contribution in [0.3, 0.4) is 0 Å². The number of carbonyl (C=O) groups is 2. The number of rotatable bonds is 4. The van der Waals surface area contributed by atoms with Crippen molar-refractivity contribution in [2.75, 3.05) is 0 Å². The fourth-order valence-electron chi connectivity index (χ4n) is 3.15. The Morgan fingerprint density at radius 3 is 2.56 bits per heavy atom. The van der Waals surface area contributed by atoms with Crippen molar-refractivity contribution in [1.29, 1.82) is 0 Å². The van der Waals surface area contributed by atoms with Crippen LogP contribution < -0.4 is 5.56 Å². The SMILES string of the molecule is CC1CCC(C)(N=Nc2ccccc2C(=O)O)c2ncc(C(=O)O)c(=O)n21. The number of nitrogens with zero attached hydrogens (tertiary/aromatic N) is 4. The summed E-state index contributed by atoms with van der Waals surface area (Å²) in [6.45, 7) is 3.55. The van der Waals surface area contributed by atoms with E-state index in [0.29, 0.717) is 18.7 Å². The Morgan fingerprint density at radius 1 is 1.22 bits per heavy atom. The number of aromatic nitrogens is 2. The Morgan fingerprint density at radius 2 is 1.89 bits per heavy atom. The molecule has 0 fully saturated rings. The number of aromatic carboxylic acids is 2. The summed E-state index contributed by atoms with van der Waals surface area (Å²) >= 11 is 0. The molecule has 0 bridgehead atoms. The van der Waals surface area contributed by atoms with Gasteiger partial charge in [-0.2, -0.15) is 10.2 Å². The monoisotopic (exact) mass is 370 g/mol. The maximum Gasteiger partial charge on any atom is 0.342 e. The number of carboxylic acid groups (broad SMARTS) is 2. The minimum absolute atomic E-state index is 0.0144. The smallest absolute Gasteiger partial charge is 0.342 e. The second-order valence-corrected chi connectivity index (χ2v) is 6.66. The second kappa shape index (κ2) is 6.75. The van der Waals surface area contributed by atoms with Crippen LogP contribution in [-0.4, -0.2) is 31.7 Å². The molecule has 0 radical (unpaired) electrons. The van der Waals surface area contributed by atoms with Crippen LogP contribution in [0.25, 0.3) is 0 Å². The zero-order chi connectivity index (χ0) is 19.8. The molecule has 9 nitrogen and oxygen atoms in total. The molecule has 2 unspecified atom stereocenters. The quantitative estimate of drug-likeness (QED) is 0.795. The molecule has 1 aromatic heterocycles. The highest BCUT2D eigenvalue weighted by Crippen LogP contribution is 2.38. The molecule has 1 aliphatic rings. The van der Waals surface area contributed by atoms with Gasteiger partial charge in [0.2, 0.25) is 0 Å². The number of hydrogen-bond acceptors (Lipinski definition) is 6. The summed E-state index contributed by atoms with van der Waals surface area (Å²) in [6.07, 6.45) is 2.15. The summed E-state index contributed by atoms with van der Waals surface area (Å²) in [5.41, 5.74) is -1.80. The van der Waals surface area contributed by atoms with Crippen LogP contribution in [0.1, 0.15) is 59.3 Å². The predicted octanol–water partition coefficient (Wildman–Crippen LogP) is 2.99. The first kappa shape index (κ1) is 18.4. The molecular weight excluding hydrogens is 352 g/mol. The average Bonchev–Trinajstić information content (AvgIpc) is 2.63. The maximum atomic E-state index is 12.6. The third-order valence-electron chi connectivity index (χ3n) is 4.71. The molecule has 2 N–H and O–H groups in total. The van der Waals surface area contributed by atoms with Crippen molar-refractivity contribution < 1.29 is 19.8 Å². The molecule has 1 aromatic carbocycles. The lowest BCUT2D eigenvalue weighted by Gasteiger charge is -2.34. The number of carboxylic acids is 2. The molecule has 0 spiro atoms. The van der Waals surface area contributed by atoms with Crippen LogP contribution in [0.15, 0.2) is 45.5 Å². The van der Waals surface area contributed by atoms with E-state index in [0.717, 1.165) is 6.20 Å². The molecule has 9 heteroatoms. The van der Waals surface area contributed by atoms with Gasteiger partial charge in [0.1, 0.15) is 16.9 Å². The van der Waals surface area contributed by atoms with Crippen molar-refractivity contribution in [2.45, 2.75) is 38.3 Å². The van der Waals surface area contributed by atoms with Crippen molar-refractivity contribution in [2.24, 2.45) is 10.2 Å². The zero-order valence-corrected chi connectivity index (χ0v) is 14.8. The Balaban J connectivity index is 2.10. The van der Waals surface area contributed by atoms with Gasteiger partial charge in [0.15, 0.2) is 0 Å². The Bertz CT molecular complexity index is 1010. The Hall–Kier alpha value is -3.36. The van der Waals surface area contributed by atoms with Gasteiger partial charge in [0, 0.05) is 12.2 Å². The molecular formula is C18H18N4O5. The van der Waals surface area contributed by atoms with Crippen LogP contribution in [0.5, 0.6) is 0 Å². The normalized spacial score (nSPS) is 21.8. The Kier molecular flexibility index (Phi) is 4.61. The minimum Gasteiger partial charge on any atom is -0.478 e. The van der Waals surface area contributed by atoms with Crippen LogP contribution in [0.4, 0.5) is 5.69 Å². The van der Waals surface area contributed by atoms with Crippen molar-refractivity contribution in [3.63, 3.8) is 0 Å². The van der Waals surface area contributed by atoms with Gasteiger partial charge in [-0.25, -0.2) is 14.6 Å². The standard InChI is InChI=1S/C18H18N4O5/c1-10-7-8-18(2,17-19-9-12(16(26)27)14(23)22(10)17)21-20-13-6-4-3-5-11(13)15(24)25/h3-6,9-10H,7-8H2,1-2H3,(H,24,25)(H,26,27). The van der Waals surface area contributed by atoms with E-state index < -0.39 is 28.6 Å². The van der Waals surface area contributed by atoms with E-state index in [1.807, 2.05) is 6.92 Å². The first-order valence-electron chi connectivity index (χ1n) is 8.35. The van der Waals surface area contributed by atoms with Crippen LogP contribution in [0, 0.1) is 0 Å². The highest BCUT2D eigenvalue weighted by Gasteiger charge is 2.38. The highest BCUT2D eigenvalue weighted by atomic mass is 16.4. The van der Waals surface area contributed by atoms with E-state index in [-0.39, 0.29) is 17.3 Å². The molecule has 2 aromatic rings. The summed E-state index contributed by atoms with van der Waals surface area (Å²) in [7, 11) is 0. The van der Waals surface area contributed by atoms with Crippen LogP contribution in [0.2, 0.25) is 0 Å². The van der Waals surface area contributed by atoms with Crippen molar-refractivity contribution in [3.8, 4) is 0 Å². The van der Waals surface area contributed by atoms with Gasteiger partial charge in [0.25, 0.3) is 5.56 Å². The van der Waals surface area contributed by atoms with E-state index in [4.69, 9.17) is 5.11 Å². The topological polar surface area (TPSA) is 134 Å². The van der Waals surface area contributed by atoms with E-state index in [1.165, 1.54) is 16.7 Å². The van der Waals surface area contributed by atoms with Crippen molar-refractivity contribution >= 4 is 17.6 Å². The molecule has 0 saturated heterocycles. The van der Waals surface area contributed by atoms with E-state index in [1.54, 1.807) is 19.1 Å². The van der Waals surface area contributed by atoms with Gasteiger partial charge >= 0.3 is 11.9 Å². The maximum absolute atomic E-state index is 12.6. The van der Waals surface area contributed by atoms with Gasteiger partial charge in [-0.1, -0.05) is 12.1 Å². The lowest BCUT2D eigenvalue weighted by molar-refractivity contribution is 0.0684. The molecule has 140 valence electrons. The number of hydrogen-bond donors (Lipinski definition) is 2. The lowest BCUT2D eigenvalue weighted by Crippen LogP contribution is -2.41. The molecule has 27 heavy (non-hydrogen) atoms. The van der Waals surface area contributed by atoms with E-state index in [2.05, 4.69) is 15.2 Å². The van der Waals surface area contributed by atoms with Crippen molar-refractivity contribution in [1.82, 2.24) is 9.55 Å². The lowest BCUT2D eigenvalue weighted by atomic mass is 9.89. The molecule has 2 heterocycles. The highest BCUT2D eigenvalue weighted by molar-refractivity contribution is 5.93. The largest absolute Gasteiger partial charge is 0.478 e. The molecule has 0 amide bonds. The third-order valence-corrected chi connectivity index (χ3v) is 4.71. The second-order valence-electron chi connectivity index (χ2n) is 6.66. The fourth-order valence-corrected chi connectivity index (χ4v) is 3.15. The summed E-state index contributed by atoms with van der Waals surface area (Å²) in [5, 5.41) is 26.8. The summed E-state index contributed by atoms with van der Waals surface area (Å²) < 4.78 is 1.34. The minimum atomic E-state index is -1.33. The summed E-state index contributed by atoms with van der Waals surface area (Å²) in [5.74, 6) is -2.14. The third kappa shape index (κ3) is 3.23. The Labute approximate surface area is 154 Å². The van der Waals surface area contributed by atoms with Crippen LogP contribution >= 0.6 is 0 Å². The van der Waals surface area contributed by atoms with E-state index >= 15 is 0 Å². The van der Waals surface area contributed by atoms with Gasteiger partial charge in [0.05, 0.1) is 11.3 Å². The van der Waals surface area contributed by atoms with E-state index in [9.17, 15) is 19.5 Å². The number of benzene rings is 1. The van der Waals surface area contributed by atoms with Gasteiger partial charge in [-0.3, -0.25) is 9.36 Å². The first-order chi connectivity index (χ1) is 12.7. The number of fused-ring (bicyclic) bond motifs is 1. The average molecular weight is 370 g/mol. The zero-order valence-electron chi connectivity index (χ0n) is 14.8. The summed E-state index contributed by atoms with van der Waals surface area (Å²) in [6, 6.07) is 5.99. The molecule has 0 saturated carbocycles. The number of azo groups is 1. The van der Waals surface area contributed by atoms with Gasteiger partial charge in [-0.15, -0.1) is 0 Å². The van der Waals surface area contributed by atoms with Gasteiger partial charge in [-0.05, 0) is 38.8 Å². The van der Waals surface area contributed by atoms with Gasteiger partial charge < -0.3 is 10.2 Å². The summed E-state index contributed by atoms with van der Waals surface area (Å²) in [4.78, 5) is 39.3. The fraction of sp³-hybridized carbons (Fsp3) is 0.333. The molecule has 0 aliphatic carbocycles. The van der Waals surface area contributed by atoms with Crippen molar-refractivity contribution in [3.05, 3.63) is 57.8 Å². The molecule has 1 aliphatic heterocycles. The van der Waals surface area contributed by atoms with Crippen LogP contribution in [-0.2, 0) is 5.54 Å².